The summed E-state index contributed by atoms with van der Waals surface area (Å²) in [5.41, 5.74) is 0.703. The topological polar surface area (TPSA) is 59.1 Å². The average Bonchev–Trinajstić information content (AvgIpc) is 3.10. The van der Waals surface area contributed by atoms with Crippen LogP contribution in [0.15, 0.2) is 18.2 Å². The quantitative estimate of drug-likeness (QED) is 0.697. The van der Waals surface area contributed by atoms with Crippen LogP contribution in [0.4, 0.5) is 4.39 Å². The van der Waals surface area contributed by atoms with Crippen LogP contribution in [0, 0.1) is 11.2 Å². The van der Waals surface area contributed by atoms with Crippen LogP contribution in [-0.2, 0) is 20.9 Å². The third-order valence-electron chi connectivity index (χ3n) is 5.95. The molecule has 0 aromatic heterocycles. The van der Waals surface area contributed by atoms with Gasteiger partial charge in [0.25, 0.3) is 0 Å². The van der Waals surface area contributed by atoms with E-state index in [1.54, 1.807) is 19.2 Å². The molecule has 2 aliphatic rings. The van der Waals surface area contributed by atoms with Gasteiger partial charge in [-0.25, -0.2) is 4.39 Å². The van der Waals surface area contributed by atoms with E-state index < -0.39 is 0 Å². The largest absolute Gasteiger partial charge is 0.497 e. The summed E-state index contributed by atoms with van der Waals surface area (Å²) < 4.78 is 24.0. The maximum atomic E-state index is 14.2. The summed E-state index contributed by atoms with van der Waals surface area (Å²) in [6, 6.07) is 4.84. The maximum Gasteiger partial charge on any atom is 0.306 e. The van der Waals surface area contributed by atoms with Crippen molar-refractivity contribution < 1.29 is 23.5 Å². The molecule has 0 unspecified atom stereocenters. The number of halogens is 1. The predicted molar refractivity (Wildman–Crippen MR) is 102 cm³/mol. The van der Waals surface area contributed by atoms with Crippen molar-refractivity contribution in [2.75, 3.05) is 40.4 Å². The van der Waals surface area contributed by atoms with Crippen LogP contribution >= 0.6 is 0 Å². The smallest absolute Gasteiger partial charge is 0.306 e. The van der Waals surface area contributed by atoms with Crippen molar-refractivity contribution in [1.29, 1.82) is 0 Å². The molecule has 1 amide bonds. The molecule has 0 aliphatic carbocycles. The highest BCUT2D eigenvalue weighted by molar-refractivity contribution is 5.81. The molecule has 7 heteroatoms. The molecular formula is C21H29FN2O4. The Balaban J connectivity index is 1.59. The van der Waals surface area contributed by atoms with E-state index in [0.29, 0.717) is 24.4 Å². The molecule has 1 aromatic rings. The highest BCUT2D eigenvalue weighted by Crippen LogP contribution is 2.39. The molecule has 0 saturated carbocycles. The monoisotopic (exact) mass is 392 g/mol. The highest BCUT2D eigenvalue weighted by Gasteiger charge is 2.42. The number of likely N-dealkylation sites (tertiary alicyclic amines) is 2. The van der Waals surface area contributed by atoms with Crippen LogP contribution in [-0.4, -0.2) is 62.1 Å². The second-order valence-electron chi connectivity index (χ2n) is 7.91. The molecule has 28 heavy (non-hydrogen) atoms. The number of carbonyl (C=O) groups excluding carboxylic acids is 2. The van der Waals surface area contributed by atoms with Crippen LogP contribution in [0.3, 0.4) is 0 Å². The molecule has 6 nitrogen and oxygen atoms in total. The molecule has 2 heterocycles. The van der Waals surface area contributed by atoms with Crippen molar-refractivity contribution in [1.82, 2.24) is 9.80 Å². The molecule has 3 rings (SSSR count). The van der Waals surface area contributed by atoms with Crippen molar-refractivity contribution in [3.8, 4) is 5.75 Å². The summed E-state index contributed by atoms with van der Waals surface area (Å²) in [5.74, 6) is 0.0995. The minimum atomic E-state index is -0.355. The van der Waals surface area contributed by atoms with Gasteiger partial charge in [-0.15, -0.1) is 0 Å². The summed E-state index contributed by atoms with van der Waals surface area (Å²) >= 11 is 0. The first kappa shape index (κ1) is 20.6. The molecule has 0 bridgehead atoms. The lowest BCUT2D eigenvalue weighted by molar-refractivity contribution is -0.143. The number of rotatable bonds is 6. The zero-order chi connectivity index (χ0) is 20.1. The Morgan fingerprint density at radius 2 is 1.96 bits per heavy atom. The van der Waals surface area contributed by atoms with Crippen LogP contribution < -0.4 is 4.74 Å². The van der Waals surface area contributed by atoms with Gasteiger partial charge in [-0.05, 0) is 44.0 Å². The third kappa shape index (κ3) is 4.82. The van der Waals surface area contributed by atoms with Gasteiger partial charge in [0.2, 0.25) is 5.91 Å². The molecule has 0 N–H and O–H groups in total. The van der Waals surface area contributed by atoms with Gasteiger partial charge in [0.1, 0.15) is 11.6 Å². The van der Waals surface area contributed by atoms with Gasteiger partial charge in [-0.3, -0.25) is 14.5 Å². The minimum Gasteiger partial charge on any atom is -0.497 e. The first-order valence-electron chi connectivity index (χ1n) is 9.84. The van der Waals surface area contributed by atoms with Crippen molar-refractivity contribution in [2.24, 2.45) is 5.41 Å². The molecular weight excluding hydrogens is 363 g/mol. The number of ether oxygens (including phenoxy) is 2. The van der Waals surface area contributed by atoms with E-state index in [-0.39, 0.29) is 36.0 Å². The summed E-state index contributed by atoms with van der Waals surface area (Å²) in [6.07, 6.45) is 3.39. The zero-order valence-corrected chi connectivity index (χ0v) is 16.7. The molecule has 1 atom stereocenters. The van der Waals surface area contributed by atoms with Crippen molar-refractivity contribution in [2.45, 2.75) is 38.6 Å². The number of methoxy groups -OCH3 is 2. The Bertz CT molecular complexity index is 726. The number of benzene rings is 1. The van der Waals surface area contributed by atoms with E-state index in [1.807, 2.05) is 4.90 Å². The van der Waals surface area contributed by atoms with Gasteiger partial charge < -0.3 is 14.4 Å². The Hall–Kier alpha value is -2.15. The Morgan fingerprint density at radius 3 is 2.71 bits per heavy atom. The fourth-order valence-electron chi connectivity index (χ4n) is 4.44. The van der Waals surface area contributed by atoms with Crippen molar-refractivity contribution >= 4 is 11.9 Å². The second-order valence-corrected chi connectivity index (χ2v) is 7.91. The minimum absolute atomic E-state index is 0.0123. The molecule has 154 valence electrons. The molecule has 2 fully saturated rings. The molecule has 1 aromatic carbocycles. The number of hydrogen-bond acceptors (Lipinski definition) is 5. The first-order chi connectivity index (χ1) is 13.4. The SMILES string of the molecule is COC(=O)CCC(=O)N1CC[C@@]2(CCCN(Cc3cc(OC)ccc3F)C2)C1. The van der Waals surface area contributed by atoms with Gasteiger partial charge in [-0.1, -0.05) is 0 Å². The van der Waals surface area contributed by atoms with Gasteiger partial charge in [-0.2, -0.15) is 0 Å². The lowest BCUT2D eigenvalue weighted by Gasteiger charge is -2.40. The maximum absolute atomic E-state index is 14.2. The van der Waals surface area contributed by atoms with Crippen molar-refractivity contribution in [3.63, 3.8) is 0 Å². The molecule has 1 spiro atoms. The normalized spacial score (nSPS) is 22.5. The fourth-order valence-corrected chi connectivity index (χ4v) is 4.44. The fraction of sp³-hybridized carbons (Fsp3) is 0.619. The van der Waals surface area contributed by atoms with Crippen LogP contribution in [0.5, 0.6) is 5.75 Å². The third-order valence-corrected chi connectivity index (χ3v) is 5.95. The van der Waals surface area contributed by atoms with Crippen molar-refractivity contribution in [3.05, 3.63) is 29.6 Å². The summed E-state index contributed by atoms with van der Waals surface area (Å²) in [7, 11) is 2.91. The Morgan fingerprint density at radius 1 is 1.14 bits per heavy atom. The second kappa shape index (κ2) is 8.90. The van der Waals surface area contributed by atoms with Crippen LogP contribution in [0.25, 0.3) is 0 Å². The van der Waals surface area contributed by atoms with E-state index in [1.165, 1.54) is 13.2 Å². The van der Waals surface area contributed by atoms with E-state index in [0.717, 1.165) is 38.9 Å². The van der Waals surface area contributed by atoms with Gasteiger partial charge in [0.15, 0.2) is 0 Å². The van der Waals surface area contributed by atoms with E-state index in [4.69, 9.17) is 4.74 Å². The molecule has 0 radical (unpaired) electrons. The number of esters is 1. The first-order valence-corrected chi connectivity index (χ1v) is 9.84. The number of nitrogens with zero attached hydrogens (tertiary/aromatic N) is 2. The average molecular weight is 392 g/mol. The summed E-state index contributed by atoms with van der Waals surface area (Å²) in [6.45, 7) is 3.76. The van der Waals surface area contributed by atoms with E-state index in [2.05, 4.69) is 9.64 Å². The summed E-state index contributed by atoms with van der Waals surface area (Å²) in [4.78, 5) is 27.9. The number of carbonyl (C=O) groups is 2. The van der Waals surface area contributed by atoms with Crippen LogP contribution in [0.1, 0.15) is 37.7 Å². The van der Waals surface area contributed by atoms with Gasteiger partial charge in [0, 0.05) is 43.6 Å². The van der Waals surface area contributed by atoms with Crippen LogP contribution in [0.2, 0.25) is 0 Å². The molecule has 2 saturated heterocycles. The lowest BCUT2D eigenvalue weighted by Crippen LogP contribution is -2.45. The number of amides is 1. The van der Waals surface area contributed by atoms with Gasteiger partial charge >= 0.3 is 5.97 Å². The van der Waals surface area contributed by atoms with E-state index in [9.17, 15) is 14.0 Å². The molecule has 2 aliphatic heterocycles. The Kier molecular flexibility index (Phi) is 6.54. The number of hydrogen-bond donors (Lipinski definition) is 0. The zero-order valence-electron chi connectivity index (χ0n) is 16.7. The standard InChI is InChI=1S/C21H29FN2O4/c1-27-17-4-5-18(22)16(12-17)13-23-10-3-8-21(14-23)9-11-24(15-21)19(25)6-7-20(26)28-2/h4-5,12H,3,6-11,13-15H2,1-2H3/t21-/m1/s1. The lowest BCUT2D eigenvalue weighted by atomic mass is 9.79. The summed E-state index contributed by atoms with van der Waals surface area (Å²) in [5, 5.41) is 0. The van der Waals surface area contributed by atoms with E-state index >= 15 is 0 Å². The highest BCUT2D eigenvalue weighted by atomic mass is 19.1. The number of piperidine rings is 1. The van der Waals surface area contributed by atoms with Gasteiger partial charge in [0.05, 0.1) is 20.6 Å². The Labute approximate surface area is 165 Å². The predicted octanol–water partition coefficient (Wildman–Crippen LogP) is 2.60.